The van der Waals surface area contributed by atoms with E-state index in [1.54, 1.807) is 36.4 Å². The van der Waals surface area contributed by atoms with Gasteiger partial charge in [0.05, 0.1) is 33.2 Å². The highest BCUT2D eigenvalue weighted by molar-refractivity contribution is 7.93. The minimum Gasteiger partial charge on any atom is -0.497 e. The van der Waals surface area contributed by atoms with Crippen molar-refractivity contribution in [3.8, 4) is 5.75 Å². The van der Waals surface area contributed by atoms with E-state index in [0.717, 1.165) is 5.56 Å². The maximum Gasteiger partial charge on any atom is 0.261 e. The smallest absolute Gasteiger partial charge is 0.261 e. The molecule has 0 saturated heterocycles. The van der Waals surface area contributed by atoms with Gasteiger partial charge in [-0.25, -0.2) is 16.8 Å². The lowest BCUT2D eigenvalue weighted by Crippen LogP contribution is -2.15. The summed E-state index contributed by atoms with van der Waals surface area (Å²) in [5.74, 6) is 0.0382. The van der Waals surface area contributed by atoms with E-state index in [4.69, 9.17) is 16.3 Å². The molecule has 0 aromatic heterocycles. The number of nitrogens with one attached hydrogen (secondary N) is 3. The predicted molar refractivity (Wildman–Crippen MR) is 152 cm³/mol. The third-order valence-corrected chi connectivity index (χ3v) is 8.67. The van der Waals surface area contributed by atoms with Gasteiger partial charge >= 0.3 is 0 Å². The fourth-order valence-electron chi connectivity index (χ4n) is 3.48. The molecular weight excluding hydrogens is 562 g/mol. The van der Waals surface area contributed by atoms with Gasteiger partial charge in [0.15, 0.2) is 0 Å². The van der Waals surface area contributed by atoms with Crippen LogP contribution < -0.4 is 19.5 Å². The molecule has 0 saturated carbocycles. The summed E-state index contributed by atoms with van der Waals surface area (Å²) in [6, 6.07) is 22.5. The monoisotopic (exact) mass is 585 g/mol. The molecule has 0 atom stereocenters. The highest BCUT2D eigenvalue weighted by atomic mass is 35.5. The number of benzene rings is 4. The zero-order valence-corrected chi connectivity index (χ0v) is 23.2. The summed E-state index contributed by atoms with van der Waals surface area (Å²) in [5, 5.41) is 2.68. The van der Waals surface area contributed by atoms with Crippen molar-refractivity contribution in [2.45, 2.75) is 16.7 Å². The molecule has 0 radical (unpaired) electrons. The number of aryl methyl sites for hydroxylation is 1. The molecule has 0 heterocycles. The Morgan fingerprint density at radius 1 is 0.692 bits per heavy atom. The largest absolute Gasteiger partial charge is 0.497 e. The van der Waals surface area contributed by atoms with Crippen LogP contribution in [0.3, 0.4) is 0 Å². The normalized spacial score (nSPS) is 11.5. The molecule has 0 aliphatic rings. The standard InChI is InChI=1S/C27H24ClN3O6S2/c1-18-3-12-23(13-4-18)39(35,36)31-21-9-16-25(26(28)17-21)27(32)29-19-7-14-24(15-8-19)38(33,34)30-20-5-10-22(37-2)11-6-20/h3-17,30-31H,1-2H3,(H,29,32). The average Bonchev–Trinajstić information content (AvgIpc) is 2.89. The van der Waals surface area contributed by atoms with Gasteiger partial charge in [-0.3, -0.25) is 14.2 Å². The number of ether oxygens (including phenoxy) is 1. The fraction of sp³-hybridized carbons (Fsp3) is 0.0741. The first kappa shape index (κ1) is 28.0. The summed E-state index contributed by atoms with van der Waals surface area (Å²) >= 11 is 6.28. The Morgan fingerprint density at radius 3 is 1.72 bits per heavy atom. The van der Waals surface area contributed by atoms with Gasteiger partial charge in [-0.2, -0.15) is 0 Å². The molecule has 0 fully saturated rings. The van der Waals surface area contributed by atoms with E-state index in [1.807, 2.05) is 6.92 Å². The van der Waals surface area contributed by atoms with E-state index >= 15 is 0 Å². The topological polar surface area (TPSA) is 131 Å². The van der Waals surface area contributed by atoms with E-state index in [2.05, 4.69) is 14.8 Å². The molecule has 202 valence electrons. The molecule has 0 spiro atoms. The van der Waals surface area contributed by atoms with E-state index in [-0.39, 0.29) is 26.1 Å². The average molecular weight is 586 g/mol. The molecule has 1 amide bonds. The van der Waals surface area contributed by atoms with Crippen molar-refractivity contribution in [2.24, 2.45) is 0 Å². The molecule has 0 bridgehead atoms. The zero-order valence-electron chi connectivity index (χ0n) is 20.8. The van der Waals surface area contributed by atoms with Crippen LogP contribution >= 0.6 is 11.6 Å². The number of methoxy groups -OCH3 is 1. The van der Waals surface area contributed by atoms with E-state index in [1.165, 1.54) is 61.7 Å². The Labute approximate surface area is 231 Å². The van der Waals surface area contributed by atoms with E-state index < -0.39 is 26.0 Å². The number of amides is 1. The Balaban J connectivity index is 1.42. The van der Waals surface area contributed by atoms with Crippen LogP contribution in [0.15, 0.2) is 101 Å². The number of carbonyl (C=O) groups excluding carboxylic acids is 1. The van der Waals surface area contributed by atoms with Crippen LogP contribution in [-0.2, 0) is 20.0 Å². The highest BCUT2D eigenvalue weighted by Gasteiger charge is 2.18. The van der Waals surface area contributed by atoms with Gasteiger partial charge in [0.2, 0.25) is 0 Å². The number of rotatable bonds is 9. The van der Waals surface area contributed by atoms with Crippen LogP contribution in [0.2, 0.25) is 5.02 Å². The lowest BCUT2D eigenvalue weighted by Gasteiger charge is -2.12. The summed E-state index contributed by atoms with van der Waals surface area (Å²) in [7, 11) is -6.18. The van der Waals surface area contributed by atoms with Crippen molar-refractivity contribution < 1.29 is 26.4 Å². The second kappa shape index (κ2) is 11.4. The molecule has 4 rings (SSSR count). The summed E-state index contributed by atoms with van der Waals surface area (Å²) in [5.41, 5.74) is 1.92. The molecule has 9 nitrogen and oxygen atoms in total. The van der Waals surface area contributed by atoms with Gasteiger partial charge < -0.3 is 10.1 Å². The number of carbonyl (C=O) groups is 1. The van der Waals surface area contributed by atoms with E-state index in [9.17, 15) is 21.6 Å². The summed E-state index contributed by atoms with van der Waals surface area (Å²) in [6.45, 7) is 1.85. The predicted octanol–water partition coefficient (Wildman–Crippen LogP) is 5.51. The van der Waals surface area contributed by atoms with Crippen molar-refractivity contribution in [1.82, 2.24) is 0 Å². The Hall–Kier alpha value is -4.06. The lowest BCUT2D eigenvalue weighted by molar-refractivity contribution is 0.102. The highest BCUT2D eigenvalue weighted by Crippen LogP contribution is 2.25. The third kappa shape index (κ3) is 6.88. The quantitative estimate of drug-likeness (QED) is 0.237. The maximum atomic E-state index is 12.8. The molecule has 4 aromatic carbocycles. The fourth-order valence-corrected chi connectivity index (χ4v) is 5.86. The first-order chi connectivity index (χ1) is 18.5. The van der Waals surface area contributed by atoms with Crippen LogP contribution in [0, 0.1) is 6.92 Å². The van der Waals surface area contributed by atoms with Gasteiger partial charge in [0.1, 0.15) is 5.75 Å². The Morgan fingerprint density at radius 2 is 1.18 bits per heavy atom. The summed E-state index contributed by atoms with van der Waals surface area (Å²) < 4.78 is 60.6. The second-order valence-corrected chi connectivity index (χ2v) is 12.2. The maximum absolute atomic E-state index is 12.8. The molecular formula is C27H24ClN3O6S2. The van der Waals surface area contributed by atoms with Crippen molar-refractivity contribution in [3.63, 3.8) is 0 Å². The molecule has 4 aromatic rings. The van der Waals surface area contributed by atoms with E-state index in [0.29, 0.717) is 17.1 Å². The second-order valence-electron chi connectivity index (χ2n) is 8.43. The zero-order chi connectivity index (χ0) is 28.2. The van der Waals surface area contributed by atoms with Crippen LogP contribution in [0.1, 0.15) is 15.9 Å². The molecule has 0 aliphatic heterocycles. The summed E-state index contributed by atoms with van der Waals surface area (Å²) in [4.78, 5) is 12.9. The van der Waals surface area contributed by atoms with Crippen LogP contribution in [0.4, 0.5) is 17.1 Å². The Kier molecular flexibility index (Phi) is 8.14. The molecule has 0 unspecified atom stereocenters. The number of hydrogen-bond acceptors (Lipinski definition) is 6. The van der Waals surface area contributed by atoms with Gasteiger partial charge in [-0.15, -0.1) is 0 Å². The van der Waals surface area contributed by atoms with Crippen LogP contribution in [0.25, 0.3) is 0 Å². The van der Waals surface area contributed by atoms with Crippen molar-refractivity contribution in [3.05, 3.63) is 107 Å². The molecule has 3 N–H and O–H groups in total. The van der Waals surface area contributed by atoms with Crippen LogP contribution in [-0.4, -0.2) is 29.9 Å². The van der Waals surface area contributed by atoms with Gasteiger partial charge in [0, 0.05) is 11.4 Å². The van der Waals surface area contributed by atoms with Crippen molar-refractivity contribution in [1.29, 1.82) is 0 Å². The number of halogens is 1. The van der Waals surface area contributed by atoms with Crippen molar-refractivity contribution >= 4 is 54.6 Å². The minimum atomic E-state index is -3.86. The first-order valence-electron chi connectivity index (χ1n) is 11.4. The third-order valence-electron chi connectivity index (χ3n) is 5.56. The van der Waals surface area contributed by atoms with Crippen LogP contribution in [0.5, 0.6) is 5.75 Å². The van der Waals surface area contributed by atoms with Gasteiger partial charge in [0.25, 0.3) is 26.0 Å². The van der Waals surface area contributed by atoms with Crippen molar-refractivity contribution in [2.75, 3.05) is 21.9 Å². The summed E-state index contributed by atoms with van der Waals surface area (Å²) in [6.07, 6.45) is 0. The number of hydrogen-bond donors (Lipinski definition) is 3. The number of anilines is 3. The molecule has 12 heteroatoms. The Bertz CT molecular complexity index is 1710. The molecule has 39 heavy (non-hydrogen) atoms. The SMILES string of the molecule is COc1ccc(NS(=O)(=O)c2ccc(NC(=O)c3ccc(NS(=O)(=O)c4ccc(C)cc4)cc3Cl)cc2)cc1. The first-order valence-corrected chi connectivity index (χ1v) is 14.8. The number of sulfonamides is 2. The van der Waals surface area contributed by atoms with Gasteiger partial charge in [-0.05, 0) is 85.8 Å². The lowest BCUT2D eigenvalue weighted by atomic mass is 10.2. The molecule has 0 aliphatic carbocycles. The van der Waals surface area contributed by atoms with Gasteiger partial charge in [-0.1, -0.05) is 29.3 Å². The minimum absolute atomic E-state index is 0.000405.